The Hall–Kier alpha value is -2.57. The molecule has 0 aliphatic rings. The third kappa shape index (κ3) is 6.82. The number of carbonyl (C=O) groups is 3. The molecule has 0 aliphatic carbocycles. The molecule has 0 heterocycles. The number of hydrogen-bond acceptors (Lipinski definition) is 5. The highest BCUT2D eigenvalue weighted by molar-refractivity contribution is 5.85. The molecule has 1 amide bonds. The number of carboxylic acid groups (broad SMARTS) is 1. The fourth-order valence-corrected chi connectivity index (χ4v) is 1.91. The van der Waals surface area contributed by atoms with Gasteiger partial charge in [-0.2, -0.15) is 0 Å². The first-order valence-electron chi connectivity index (χ1n) is 7.27. The van der Waals surface area contributed by atoms with E-state index in [1.807, 2.05) is 0 Å². The molecule has 0 bridgehead atoms. The second-order valence-corrected chi connectivity index (χ2v) is 4.82. The van der Waals surface area contributed by atoms with Crippen LogP contribution >= 0.6 is 0 Å². The second-order valence-electron chi connectivity index (χ2n) is 4.82. The Morgan fingerprint density at radius 3 is 2.35 bits per heavy atom. The van der Waals surface area contributed by atoms with E-state index in [-0.39, 0.29) is 25.9 Å². The molecule has 0 fully saturated rings. The van der Waals surface area contributed by atoms with Crippen LogP contribution in [0.4, 0.5) is 0 Å². The van der Waals surface area contributed by atoms with Crippen LogP contribution in [0.5, 0.6) is 5.75 Å². The maximum atomic E-state index is 11.8. The standard InChI is InChI=1S/C16H21NO6/c1-3-23-15(19)9-8-14(18)17-13(16(20)21)10-11-4-6-12(22-2)7-5-11/h4-7,13H,3,8-10H2,1-2H3,(H,17,18)(H,20,21)/t13-/m1/s1. The first-order chi connectivity index (χ1) is 11.0. The summed E-state index contributed by atoms with van der Waals surface area (Å²) in [7, 11) is 1.54. The number of esters is 1. The largest absolute Gasteiger partial charge is 0.497 e. The van der Waals surface area contributed by atoms with E-state index < -0.39 is 23.9 Å². The van der Waals surface area contributed by atoms with Gasteiger partial charge in [-0.25, -0.2) is 4.79 Å². The van der Waals surface area contributed by atoms with Gasteiger partial charge in [0.1, 0.15) is 11.8 Å². The third-order valence-electron chi connectivity index (χ3n) is 3.09. The number of ether oxygens (including phenoxy) is 2. The Morgan fingerprint density at radius 1 is 1.17 bits per heavy atom. The van der Waals surface area contributed by atoms with Gasteiger partial charge in [0.25, 0.3) is 0 Å². The van der Waals surface area contributed by atoms with Crippen molar-refractivity contribution in [1.82, 2.24) is 5.32 Å². The van der Waals surface area contributed by atoms with E-state index in [4.69, 9.17) is 9.47 Å². The van der Waals surface area contributed by atoms with Gasteiger partial charge in [-0.1, -0.05) is 12.1 Å². The van der Waals surface area contributed by atoms with Gasteiger partial charge >= 0.3 is 11.9 Å². The number of aliphatic carboxylic acids is 1. The molecular formula is C16H21NO6. The quantitative estimate of drug-likeness (QED) is 0.661. The Bertz CT molecular complexity index is 540. The Kier molecular flexibility index (Phi) is 7.59. The summed E-state index contributed by atoms with van der Waals surface area (Å²) < 4.78 is 9.75. The molecule has 23 heavy (non-hydrogen) atoms. The lowest BCUT2D eigenvalue weighted by Gasteiger charge is -2.15. The van der Waals surface area contributed by atoms with Gasteiger partial charge < -0.3 is 19.9 Å². The lowest BCUT2D eigenvalue weighted by atomic mass is 10.1. The van der Waals surface area contributed by atoms with Gasteiger partial charge in [0.15, 0.2) is 0 Å². The zero-order chi connectivity index (χ0) is 17.2. The molecule has 1 aromatic carbocycles. The van der Waals surface area contributed by atoms with Crippen molar-refractivity contribution >= 4 is 17.8 Å². The van der Waals surface area contributed by atoms with Crippen molar-refractivity contribution < 1.29 is 29.0 Å². The number of carboxylic acids is 1. The SMILES string of the molecule is CCOC(=O)CCC(=O)N[C@H](Cc1ccc(OC)cc1)C(=O)O. The predicted octanol–water partition coefficient (Wildman–Crippen LogP) is 1.15. The van der Waals surface area contributed by atoms with E-state index in [0.29, 0.717) is 5.75 Å². The molecule has 0 radical (unpaired) electrons. The Morgan fingerprint density at radius 2 is 1.83 bits per heavy atom. The fourth-order valence-electron chi connectivity index (χ4n) is 1.91. The minimum atomic E-state index is -1.13. The zero-order valence-electron chi connectivity index (χ0n) is 13.2. The Balaban J connectivity index is 2.55. The molecule has 1 atom stereocenters. The van der Waals surface area contributed by atoms with Crippen LogP contribution < -0.4 is 10.1 Å². The van der Waals surface area contributed by atoms with Gasteiger partial charge in [0.05, 0.1) is 20.1 Å². The highest BCUT2D eigenvalue weighted by atomic mass is 16.5. The minimum absolute atomic E-state index is 0.0749. The summed E-state index contributed by atoms with van der Waals surface area (Å²) >= 11 is 0. The van der Waals surface area contributed by atoms with E-state index in [2.05, 4.69) is 5.32 Å². The van der Waals surface area contributed by atoms with Crippen molar-refractivity contribution in [2.45, 2.75) is 32.2 Å². The van der Waals surface area contributed by atoms with Gasteiger partial charge in [0.2, 0.25) is 5.91 Å². The molecule has 2 N–H and O–H groups in total. The molecule has 1 rings (SSSR count). The van der Waals surface area contributed by atoms with E-state index in [0.717, 1.165) is 5.56 Å². The van der Waals surface area contributed by atoms with E-state index >= 15 is 0 Å². The highest BCUT2D eigenvalue weighted by Crippen LogP contribution is 2.13. The molecule has 7 nitrogen and oxygen atoms in total. The average molecular weight is 323 g/mol. The lowest BCUT2D eigenvalue weighted by molar-refractivity contribution is -0.144. The highest BCUT2D eigenvalue weighted by Gasteiger charge is 2.20. The monoisotopic (exact) mass is 323 g/mol. The normalized spacial score (nSPS) is 11.4. The summed E-state index contributed by atoms with van der Waals surface area (Å²) in [6.07, 6.45) is -0.0375. The van der Waals surface area contributed by atoms with Crippen molar-refractivity contribution in [3.05, 3.63) is 29.8 Å². The molecule has 0 aromatic heterocycles. The van der Waals surface area contributed by atoms with Crippen molar-refractivity contribution in [3.63, 3.8) is 0 Å². The molecule has 0 aliphatic heterocycles. The number of carbonyl (C=O) groups excluding carboxylic acids is 2. The van der Waals surface area contributed by atoms with Crippen molar-refractivity contribution in [2.75, 3.05) is 13.7 Å². The summed E-state index contributed by atoms with van der Waals surface area (Å²) in [6, 6.07) is 5.85. The molecule has 1 aromatic rings. The molecule has 0 saturated carbocycles. The van der Waals surface area contributed by atoms with E-state index in [9.17, 15) is 19.5 Å². The van der Waals surface area contributed by atoms with Gasteiger partial charge in [-0.3, -0.25) is 9.59 Å². The first kappa shape index (κ1) is 18.5. The fraction of sp³-hybridized carbons (Fsp3) is 0.438. The molecular weight excluding hydrogens is 302 g/mol. The maximum absolute atomic E-state index is 11.8. The summed E-state index contributed by atoms with van der Waals surface area (Å²) in [6.45, 7) is 1.92. The molecule has 0 saturated heterocycles. The third-order valence-corrected chi connectivity index (χ3v) is 3.09. The van der Waals surface area contributed by atoms with Crippen LogP contribution in [-0.2, 0) is 25.5 Å². The van der Waals surface area contributed by atoms with Crippen LogP contribution in [0.2, 0.25) is 0 Å². The van der Waals surface area contributed by atoms with Crippen LogP contribution in [0.3, 0.4) is 0 Å². The van der Waals surface area contributed by atoms with E-state index in [1.54, 1.807) is 38.3 Å². The average Bonchev–Trinajstić information content (AvgIpc) is 2.53. The van der Waals surface area contributed by atoms with Crippen molar-refractivity contribution in [3.8, 4) is 5.75 Å². The number of methoxy groups -OCH3 is 1. The van der Waals surface area contributed by atoms with Crippen LogP contribution in [-0.4, -0.2) is 42.7 Å². The van der Waals surface area contributed by atoms with Crippen LogP contribution in [0, 0.1) is 0 Å². The smallest absolute Gasteiger partial charge is 0.326 e. The minimum Gasteiger partial charge on any atom is -0.497 e. The number of rotatable bonds is 9. The summed E-state index contributed by atoms with van der Waals surface area (Å²) in [5.74, 6) is -1.45. The summed E-state index contributed by atoms with van der Waals surface area (Å²) in [5.41, 5.74) is 0.754. The lowest BCUT2D eigenvalue weighted by Crippen LogP contribution is -2.42. The summed E-state index contributed by atoms with van der Waals surface area (Å²) in [4.78, 5) is 34.2. The Labute approximate surface area is 134 Å². The van der Waals surface area contributed by atoms with Gasteiger partial charge in [0, 0.05) is 12.8 Å². The molecule has 0 unspecified atom stereocenters. The molecule has 0 spiro atoms. The number of nitrogens with one attached hydrogen (secondary N) is 1. The predicted molar refractivity (Wildman–Crippen MR) is 82.1 cm³/mol. The van der Waals surface area contributed by atoms with Crippen molar-refractivity contribution in [1.29, 1.82) is 0 Å². The van der Waals surface area contributed by atoms with Crippen LogP contribution in [0.25, 0.3) is 0 Å². The number of benzene rings is 1. The number of hydrogen-bond donors (Lipinski definition) is 2. The van der Waals surface area contributed by atoms with Crippen molar-refractivity contribution in [2.24, 2.45) is 0 Å². The second kappa shape index (κ2) is 9.45. The maximum Gasteiger partial charge on any atom is 0.326 e. The number of amides is 1. The topological polar surface area (TPSA) is 102 Å². The molecule has 7 heteroatoms. The molecule has 126 valence electrons. The van der Waals surface area contributed by atoms with Crippen LogP contribution in [0.15, 0.2) is 24.3 Å². The van der Waals surface area contributed by atoms with Gasteiger partial charge in [-0.05, 0) is 24.6 Å². The van der Waals surface area contributed by atoms with Gasteiger partial charge in [-0.15, -0.1) is 0 Å². The summed E-state index contributed by atoms with van der Waals surface area (Å²) in [5, 5.41) is 11.6. The van der Waals surface area contributed by atoms with Crippen LogP contribution in [0.1, 0.15) is 25.3 Å². The zero-order valence-corrected chi connectivity index (χ0v) is 13.2. The van der Waals surface area contributed by atoms with E-state index in [1.165, 1.54) is 0 Å². The first-order valence-corrected chi connectivity index (χ1v) is 7.27.